The smallest absolute Gasteiger partial charge is 0.289 e. The Morgan fingerprint density at radius 3 is 2.43 bits per heavy atom. The van der Waals surface area contributed by atoms with Gasteiger partial charge in [-0.25, -0.2) is 8.42 Å². The minimum Gasteiger partial charge on any atom is -0.354 e. The number of sulfonamides is 1. The number of para-hydroxylation sites is 1. The number of nitro groups is 1. The van der Waals surface area contributed by atoms with E-state index < -0.39 is 20.6 Å². The molecule has 1 saturated heterocycles. The van der Waals surface area contributed by atoms with Crippen molar-refractivity contribution in [3.05, 3.63) is 34.4 Å². The maximum atomic E-state index is 12.9. The van der Waals surface area contributed by atoms with Gasteiger partial charge in [0, 0.05) is 38.8 Å². The molecule has 1 N–H and O–H groups in total. The molecule has 3 rings (SSSR count). The van der Waals surface area contributed by atoms with E-state index in [0.29, 0.717) is 25.6 Å². The van der Waals surface area contributed by atoms with Crippen LogP contribution >= 0.6 is 0 Å². The highest BCUT2D eigenvalue weighted by Gasteiger charge is 2.35. The Labute approximate surface area is 177 Å². The summed E-state index contributed by atoms with van der Waals surface area (Å²) in [7, 11) is -3.97. The van der Waals surface area contributed by atoms with E-state index in [1.54, 1.807) is 0 Å². The summed E-state index contributed by atoms with van der Waals surface area (Å²) in [5, 5.41) is 14.3. The molecule has 2 aliphatic rings. The van der Waals surface area contributed by atoms with Gasteiger partial charge < -0.3 is 5.32 Å². The molecule has 0 bridgehead atoms. The lowest BCUT2D eigenvalue weighted by Gasteiger charge is -2.36. The molecule has 166 valence electrons. The lowest BCUT2D eigenvalue weighted by molar-refractivity contribution is -0.387. The van der Waals surface area contributed by atoms with Gasteiger partial charge in [0.05, 0.1) is 11.0 Å². The van der Waals surface area contributed by atoms with Crippen LogP contribution in [-0.2, 0) is 14.8 Å². The number of nitrogens with one attached hydrogen (secondary N) is 1. The summed E-state index contributed by atoms with van der Waals surface area (Å²) in [5.41, 5.74) is -0.421. The Kier molecular flexibility index (Phi) is 7.43. The summed E-state index contributed by atoms with van der Waals surface area (Å²) in [5.74, 6) is 0.522. The lowest BCUT2D eigenvalue weighted by Crippen LogP contribution is -2.55. The number of hydrogen-bond acceptors (Lipinski definition) is 6. The van der Waals surface area contributed by atoms with E-state index in [9.17, 15) is 23.3 Å². The van der Waals surface area contributed by atoms with Gasteiger partial charge in [-0.2, -0.15) is 4.31 Å². The maximum Gasteiger partial charge on any atom is 0.289 e. The number of carbonyl (C=O) groups excluding carboxylic acids is 1. The number of nitro benzene ring substituents is 1. The van der Waals surface area contributed by atoms with Gasteiger partial charge in [-0.3, -0.25) is 19.8 Å². The highest BCUT2D eigenvalue weighted by molar-refractivity contribution is 7.89. The quantitative estimate of drug-likeness (QED) is 0.515. The fourth-order valence-electron chi connectivity index (χ4n) is 4.25. The minimum atomic E-state index is -3.97. The van der Waals surface area contributed by atoms with Gasteiger partial charge in [0.25, 0.3) is 5.69 Å². The summed E-state index contributed by atoms with van der Waals surface area (Å²) in [4.78, 5) is 24.7. The zero-order valence-corrected chi connectivity index (χ0v) is 18.1. The van der Waals surface area contributed by atoms with Crippen LogP contribution in [0, 0.1) is 16.0 Å². The molecular weight excluding hydrogens is 408 g/mol. The summed E-state index contributed by atoms with van der Waals surface area (Å²) in [6.45, 7) is 3.72. The molecule has 0 spiro atoms. The summed E-state index contributed by atoms with van der Waals surface area (Å²) in [6.07, 6.45) is 6.06. The average molecular weight is 439 g/mol. The van der Waals surface area contributed by atoms with Crippen LogP contribution in [0.3, 0.4) is 0 Å². The van der Waals surface area contributed by atoms with E-state index in [1.807, 2.05) is 11.8 Å². The number of benzene rings is 1. The van der Waals surface area contributed by atoms with Gasteiger partial charge in [0.15, 0.2) is 4.90 Å². The second-order valence-corrected chi connectivity index (χ2v) is 10.00. The van der Waals surface area contributed by atoms with Crippen LogP contribution in [0.15, 0.2) is 29.2 Å². The molecule has 1 aliphatic heterocycles. The molecule has 1 aromatic carbocycles. The minimum absolute atomic E-state index is 0.0319. The number of rotatable bonds is 7. The molecule has 1 aromatic rings. The monoisotopic (exact) mass is 438 g/mol. The molecular formula is C20H30N4O5S. The van der Waals surface area contributed by atoms with Crippen molar-refractivity contribution in [2.75, 3.05) is 32.7 Å². The summed E-state index contributed by atoms with van der Waals surface area (Å²) >= 11 is 0. The standard InChI is InChI=1S/C20H30N4O5S/c1-16(20(25)21-15-17-7-3-2-4-8-17)22-11-13-23(14-12-22)30(28,29)19-10-6-5-9-18(19)24(26)27/h5-6,9-10,16-17H,2-4,7-8,11-15H2,1H3,(H,21,25). The van der Waals surface area contributed by atoms with Gasteiger partial charge in [-0.1, -0.05) is 31.4 Å². The van der Waals surface area contributed by atoms with Crippen molar-refractivity contribution >= 4 is 21.6 Å². The van der Waals surface area contributed by atoms with Crippen LogP contribution in [0.5, 0.6) is 0 Å². The van der Waals surface area contributed by atoms with Crippen LogP contribution in [0.4, 0.5) is 5.69 Å². The van der Waals surface area contributed by atoms with Gasteiger partial charge in [0.1, 0.15) is 0 Å². The molecule has 0 aromatic heterocycles. The van der Waals surface area contributed by atoms with Crippen molar-refractivity contribution in [2.45, 2.75) is 50.0 Å². The van der Waals surface area contributed by atoms with E-state index in [4.69, 9.17) is 0 Å². The number of amides is 1. The lowest BCUT2D eigenvalue weighted by atomic mass is 9.89. The van der Waals surface area contributed by atoms with Crippen molar-refractivity contribution < 1.29 is 18.1 Å². The fourth-order valence-corrected chi connectivity index (χ4v) is 5.83. The normalized spacial score (nSPS) is 20.6. The molecule has 1 unspecified atom stereocenters. The molecule has 1 heterocycles. The van der Waals surface area contributed by atoms with E-state index in [0.717, 1.165) is 12.8 Å². The molecule has 1 atom stereocenters. The molecule has 1 amide bonds. The first kappa shape index (κ1) is 22.6. The first-order valence-corrected chi connectivity index (χ1v) is 12.0. The first-order valence-electron chi connectivity index (χ1n) is 10.6. The zero-order valence-electron chi connectivity index (χ0n) is 17.3. The maximum absolute atomic E-state index is 12.9. The van der Waals surface area contributed by atoms with Gasteiger partial charge in [0.2, 0.25) is 15.9 Å². The Morgan fingerprint density at radius 2 is 1.80 bits per heavy atom. The first-order chi connectivity index (χ1) is 14.3. The predicted molar refractivity (Wildman–Crippen MR) is 112 cm³/mol. The average Bonchev–Trinajstić information content (AvgIpc) is 2.77. The van der Waals surface area contributed by atoms with Crippen molar-refractivity contribution in [1.82, 2.24) is 14.5 Å². The highest BCUT2D eigenvalue weighted by atomic mass is 32.2. The van der Waals surface area contributed by atoms with Crippen LogP contribution in [0.25, 0.3) is 0 Å². The molecule has 1 saturated carbocycles. The number of carbonyl (C=O) groups is 1. The topological polar surface area (TPSA) is 113 Å². The van der Waals surface area contributed by atoms with Crippen LogP contribution in [-0.4, -0.2) is 67.2 Å². The fraction of sp³-hybridized carbons (Fsp3) is 0.650. The Balaban J connectivity index is 1.56. The molecule has 30 heavy (non-hydrogen) atoms. The summed E-state index contributed by atoms with van der Waals surface area (Å²) in [6, 6.07) is 5.05. The van der Waals surface area contributed by atoms with Gasteiger partial charge in [-0.05, 0) is 31.7 Å². The second kappa shape index (κ2) is 9.84. The van der Waals surface area contributed by atoms with Crippen LogP contribution in [0.1, 0.15) is 39.0 Å². The molecule has 2 fully saturated rings. The Hall–Kier alpha value is -2.04. The zero-order chi connectivity index (χ0) is 21.7. The Morgan fingerprint density at radius 1 is 1.17 bits per heavy atom. The van der Waals surface area contributed by atoms with Crippen molar-refractivity contribution in [1.29, 1.82) is 0 Å². The van der Waals surface area contributed by atoms with E-state index >= 15 is 0 Å². The molecule has 10 heteroatoms. The Bertz CT molecular complexity index is 862. The van der Waals surface area contributed by atoms with Crippen LogP contribution in [0.2, 0.25) is 0 Å². The largest absolute Gasteiger partial charge is 0.354 e. The molecule has 0 radical (unpaired) electrons. The van der Waals surface area contributed by atoms with Gasteiger partial charge in [-0.15, -0.1) is 0 Å². The van der Waals surface area contributed by atoms with E-state index in [1.165, 1.54) is 47.8 Å². The summed E-state index contributed by atoms with van der Waals surface area (Å²) < 4.78 is 27.1. The number of hydrogen-bond donors (Lipinski definition) is 1. The third-order valence-corrected chi connectivity index (χ3v) is 8.12. The number of nitrogens with zero attached hydrogens (tertiary/aromatic N) is 3. The third-order valence-electron chi connectivity index (χ3n) is 6.17. The van der Waals surface area contributed by atoms with E-state index in [-0.39, 0.29) is 29.9 Å². The number of piperazine rings is 1. The second-order valence-electron chi connectivity index (χ2n) is 8.09. The van der Waals surface area contributed by atoms with E-state index in [2.05, 4.69) is 5.32 Å². The van der Waals surface area contributed by atoms with Crippen LogP contribution < -0.4 is 5.32 Å². The molecule has 9 nitrogen and oxygen atoms in total. The predicted octanol–water partition coefficient (Wildman–Crippen LogP) is 1.99. The van der Waals surface area contributed by atoms with Crippen molar-refractivity contribution in [3.8, 4) is 0 Å². The molecule has 1 aliphatic carbocycles. The SMILES string of the molecule is CC(C(=O)NCC1CCCCC1)N1CCN(S(=O)(=O)c2ccccc2[N+](=O)[O-])CC1. The third kappa shape index (κ3) is 5.16. The highest BCUT2D eigenvalue weighted by Crippen LogP contribution is 2.27. The van der Waals surface area contributed by atoms with Gasteiger partial charge >= 0.3 is 0 Å². The van der Waals surface area contributed by atoms with Crippen molar-refractivity contribution in [2.24, 2.45) is 5.92 Å². The van der Waals surface area contributed by atoms with Crippen molar-refractivity contribution in [3.63, 3.8) is 0 Å².